The van der Waals surface area contributed by atoms with Gasteiger partial charge in [-0.2, -0.15) is 0 Å². The molecule has 3 rings (SSSR count). The van der Waals surface area contributed by atoms with Crippen molar-refractivity contribution >= 4 is 11.4 Å². The number of nitrogens with zero attached hydrogens (tertiary/aromatic N) is 2. The fourth-order valence-electron chi connectivity index (χ4n) is 2.83. The van der Waals surface area contributed by atoms with E-state index in [1.807, 2.05) is 0 Å². The number of nitrogens with one attached hydrogen (secondary N) is 1. The number of benzene rings is 1. The maximum absolute atomic E-state index is 10.9. The predicted molar refractivity (Wildman–Crippen MR) is 76.3 cm³/mol. The molecular formula is C14H19N3O3. The molecule has 2 aliphatic rings. The van der Waals surface area contributed by atoms with Gasteiger partial charge in [0.25, 0.3) is 0 Å². The average molecular weight is 277 g/mol. The highest BCUT2D eigenvalue weighted by Gasteiger charge is 2.34. The Kier molecular flexibility index (Phi) is 3.48. The van der Waals surface area contributed by atoms with E-state index < -0.39 is 4.92 Å². The van der Waals surface area contributed by atoms with Crippen LogP contribution in [0.3, 0.4) is 0 Å². The summed E-state index contributed by atoms with van der Waals surface area (Å²) in [5.74, 6) is 0.303. The van der Waals surface area contributed by atoms with Crippen molar-refractivity contribution in [3.63, 3.8) is 0 Å². The number of hydrogen-bond donors (Lipinski definition) is 1. The molecule has 20 heavy (non-hydrogen) atoms. The molecule has 6 nitrogen and oxygen atoms in total. The van der Waals surface area contributed by atoms with Crippen LogP contribution in [0.5, 0.6) is 5.75 Å². The summed E-state index contributed by atoms with van der Waals surface area (Å²) in [4.78, 5) is 13.0. The first-order valence-electron chi connectivity index (χ1n) is 7.00. The van der Waals surface area contributed by atoms with E-state index in [1.54, 1.807) is 12.1 Å². The first kappa shape index (κ1) is 13.2. The second-order valence-corrected chi connectivity index (χ2v) is 5.50. The van der Waals surface area contributed by atoms with Crippen LogP contribution in [0.25, 0.3) is 0 Å². The highest BCUT2D eigenvalue weighted by Crippen LogP contribution is 2.32. The van der Waals surface area contributed by atoms with Crippen molar-refractivity contribution < 1.29 is 9.66 Å². The zero-order valence-corrected chi connectivity index (χ0v) is 11.5. The highest BCUT2D eigenvalue weighted by atomic mass is 16.6. The van der Waals surface area contributed by atoms with Crippen LogP contribution in [-0.2, 0) is 0 Å². The summed E-state index contributed by atoms with van der Waals surface area (Å²) in [6.07, 6.45) is 3.78. The molecule has 1 heterocycles. The Morgan fingerprint density at radius 3 is 2.85 bits per heavy atom. The molecule has 2 fully saturated rings. The van der Waals surface area contributed by atoms with Crippen LogP contribution in [0.1, 0.15) is 19.3 Å². The summed E-state index contributed by atoms with van der Waals surface area (Å²) in [6, 6.07) is 6.17. The Labute approximate surface area is 117 Å². The third-order valence-electron chi connectivity index (χ3n) is 4.03. The first-order valence-corrected chi connectivity index (χ1v) is 7.00. The van der Waals surface area contributed by atoms with Crippen molar-refractivity contribution in [1.29, 1.82) is 0 Å². The van der Waals surface area contributed by atoms with Gasteiger partial charge >= 0.3 is 5.69 Å². The van der Waals surface area contributed by atoms with Crippen LogP contribution in [0.2, 0.25) is 0 Å². The van der Waals surface area contributed by atoms with Crippen molar-refractivity contribution in [3.8, 4) is 5.75 Å². The predicted octanol–water partition coefficient (Wildman–Crippen LogP) is 2.25. The van der Waals surface area contributed by atoms with Gasteiger partial charge < -0.3 is 10.1 Å². The summed E-state index contributed by atoms with van der Waals surface area (Å²) in [5.41, 5.74) is 0.888. The van der Waals surface area contributed by atoms with Gasteiger partial charge in [-0.05, 0) is 25.3 Å². The van der Waals surface area contributed by atoms with Gasteiger partial charge in [0.1, 0.15) is 0 Å². The maximum Gasteiger partial charge on any atom is 0.311 e. The molecule has 1 saturated carbocycles. The molecule has 0 aromatic heterocycles. The Morgan fingerprint density at radius 2 is 2.20 bits per heavy atom. The van der Waals surface area contributed by atoms with Gasteiger partial charge in [0.2, 0.25) is 0 Å². The number of nitro groups is 1. The fourth-order valence-corrected chi connectivity index (χ4v) is 2.83. The Bertz CT molecular complexity index is 516. The van der Waals surface area contributed by atoms with E-state index in [-0.39, 0.29) is 5.69 Å². The van der Waals surface area contributed by atoms with Gasteiger partial charge in [0.05, 0.1) is 12.0 Å². The van der Waals surface area contributed by atoms with Gasteiger partial charge in [-0.1, -0.05) is 0 Å². The zero-order chi connectivity index (χ0) is 14.1. The van der Waals surface area contributed by atoms with Gasteiger partial charge in [-0.25, -0.2) is 0 Å². The summed E-state index contributed by atoms with van der Waals surface area (Å²) in [5, 5.41) is 14.3. The Hall–Kier alpha value is -1.82. The number of likely N-dealkylation sites (tertiary alicyclic amines) is 1. The van der Waals surface area contributed by atoms with Gasteiger partial charge in [-0.15, -0.1) is 0 Å². The van der Waals surface area contributed by atoms with Crippen LogP contribution in [0, 0.1) is 10.1 Å². The molecular weight excluding hydrogens is 258 g/mol. The van der Waals surface area contributed by atoms with E-state index >= 15 is 0 Å². The van der Waals surface area contributed by atoms with Crippen molar-refractivity contribution in [2.75, 3.05) is 25.5 Å². The maximum atomic E-state index is 10.9. The van der Waals surface area contributed by atoms with Crippen molar-refractivity contribution in [2.24, 2.45) is 0 Å². The number of anilines is 1. The first-order chi connectivity index (χ1) is 9.67. The molecule has 0 amide bonds. The minimum atomic E-state index is -0.424. The molecule has 1 saturated heterocycles. The van der Waals surface area contributed by atoms with E-state index in [2.05, 4.69) is 10.2 Å². The summed E-state index contributed by atoms with van der Waals surface area (Å²) in [7, 11) is 1.45. The van der Waals surface area contributed by atoms with E-state index in [1.165, 1.54) is 26.0 Å². The second-order valence-electron chi connectivity index (χ2n) is 5.50. The summed E-state index contributed by atoms with van der Waals surface area (Å²) < 4.78 is 5.09. The molecule has 1 aromatic carbocycles. The molecule has 1 aromatic rings. The number of rotatable bonds is 5. The fraction of sp³-hybridized carbons (Fsp3) is 0.571. The van der Waals surface area contributed by atoms with Crippen LogP contribution >= 0.6 is 0 Å². The van der Waals surface area contributed by atoms with Crippen LogP contribution in [0.15, 0.2) is 18.2 Å². The van der Waals surface area contributed by atoms with E-state index in [0.717, 1.165) is 31.2 Å². The topological polar surface area (TPSA) is 67.6 Å². The van der Waals surface area contributed by atoms with Gasteiger partial charge in [0.15, 0.2) is 5.75 Å². The normalized spacial score (nSPS) is 22.8. The smallest absolute Gasteiger partial charge is 0.311 e. The molecule has 0 radical (unpaired) electrons. The molecule has 1 atom stereocenters. The third-order valence-corrected chi connectivity index (χ3v) is 4.03. The van der Waals surface area contributed by atoms with Gasteiger partial charge in [0, 0.05) is 43.0 Å². The summed E-state index contributed by atoms with van der Waals surface area (Å²) >= 11 is 0. The van der Waals surface area contributed by atoms with Crippen LogP contribution < -0.4 is 10.1 Å². The van der Waals surface area contributed by atoms with Crippen molar-refractivity contribution in [1.82, 2.24) is 4.90 Å². The quantitative estimate of drug-likeness (QED) is 0.660. The third kappa shape index (κ3) is 2.70. The molecule has 1 N–H and O–H groups in total. The largest absolute Gasteiger partial charge is 0.490 e. The minimum Gasteiger partial charge on any atom is -0.490 e. The lowest BCUT2D eigenvalue weighted by Crippen LogP contribution is -2.27. The molecule has 1 aliphatic heterocycles. The van der Waals surface area contributed by atoms with E-state index in [0.29, 0.717) is 11.8 Å². The molecule has 6 heteroatoms. The lowest BCUT2D eigenvalue weighted by Gasteiger charge is -2.17. The number of hydrogen-bond acceptors (Lipinski definition) is 5. The van der Waals surface area contributed by atoms with Gasteiger partial charge in [-0.3, -0.25) is 15.0 Å². The Morgan fingerprint density at radius 1 is 1.40 bits per heavy atom. The lowest BCUT2D eigenvalue weighted by atomic mass is 10.2. The average Bonchev–Trinajstić information content (AvgIpc) is 3.19. The summed E-state index contributed by atoms with van der Waals surface area (Å²) in [6.45, 7) is 2.20. The standard InChI is InChI=1S/C14H19N3O3/c1-20-14-8-10(2-5-13(14)17(18)19)15-11-6-7-16(9-11)12-3-4-12/h2,5,8,11-12,15H,3-4,6-7,9H2,1H3. The highest BCUT2D eigenvalue weighted by molar-refractivity contribution is 5.58. The number of methoxy groups -OCH3 is 1. The molecule has 1 unspecified atom stereocenters. The monoisotopic (exact) mass is 277 g/mol. The van der Waals surface area contributed by atoms with Crippen LogP contribution in [-0.4, -0.2) is 42.1 Å². The lowest BCUT2D eigenvalue weighted by molar-refractivity contribution is -0.385. The molecule has 0 spiro atoms. The zero-order valence-electron chi connectivity index (χ0n) is 11.5. The SMILES string of the molecule is COc1cc(NC2CCN(C3CC3)C2)ccc1[N+](=O)[O-]. The Balaban J connectivity index is 1.66. The van der Waals surface area contributed by atoms with E-state index in [4.69, 9.17) is 4.74 Å². The molecule has 1 aliphatic carbocycles. The number of nitro benzene ring substituents is 1. The van der Waals surface area contributed by atoms with Crippen molar-refractivity contribution in [3.05, 3.63) is 28.3 Å². The minimum absolute atomic E-state index is 0.00378. The molecule has 0 bridgehead atoms. The van der Waals surface area contributed by atoms with Crippen LogP contribution in [0.4, 0.5) is 11.4 Å². The van der Waals surface area contributed by atoms with E-state index in [9.17, 15) is 10.1 Å². The van der Waals surface area contributed by atoms with Crippen molar-refractivity contribution in [2.45, 2.75) is 31.3 Å². The number of ether oxygens (including phenoxy) is 1. The molecule has 108 valence electrons. The second kappa shape index (κ2) is 5.28.